The Morgan fingerprint density at radius 2 is 1.75 bits per heavy atom. The van der Waals surface area contributed by atoms with Crippen LogP contribution in [0.4, 0.5) is 17.3 Å². The average molecular weight is 316 g/mol. The van der Waals surface area contributed by atoms with Gasteiger partial charge < -0.3 is 10.2 Å². The van der Waals surface area contributed by atoms with Gasteiger partial charge in [0.25, 0.3) is 0 Å². The van der Waals surface area contributed by atoms with Gasteiger partial charge in [0.15, 0.2) is 0 Å². The van der Waals surface area contributed by atoms with Gasteiger partial charge in [-0.15, -0.1) is 0 Å². The Morgan fingerprint density at radius 1 is 0.958 bits per heavy atom. The van der Waals surface area contributed by atoms with Crippen LogP contribution >= 0.6 is 0 Å². The minimum absolute atomic E-state index is 0.822. The first-order chi connectivity index (χ1) is 11.8. The molecule has 0 bridgehead atoms. The topological polar surface area (TPSA) is 41.0 Å². The van der Waals surface area contributed by atoms with E-state index in [-0.39, 0.29) is 0 Å². The van der Waals surface area contributed by atoms with Crippen LogP contribution in [0.25, 0.3) is 0 Å². The maximum absolute atomic E-state index is 4.47. The molecule has 0 aliphatic carbocycles. The third-order valence-electron chi connectivity index (χ3n) is 4.43. The SMILES string of the molecule is Cc1ccc(Nc2cc(N3CCc4ccccc4C3)ncn2)cc1. The summed E-state index contributed by atoms with van der Waals surface area (Å²) in [6.45, 7) is 3.97. The van der Waals surface area contributed by atoms with Crippen LogP contribution in [0.3, 0.4) is 0 Å². The minimum atomic E-state index is 0.822. The molecule has 1 N–H and O–H groups in total. The van der Waals surface area contributed by atoms with Gasteiger partial charge in [-0.05, 0) is 36.6 Å². The predicted molar refractivity (Wildman–Crippen MR) is 97.7 cm³/mol. The van der Waals surface area contributed by atoms with E-state index in [2.05, 4.69) is 75.6 Å². The third kappa shape index (κ3) is 3.08. The number of benzene rings is 2. The fourth-order valence-electron chi connectivity index (χ4n) is 3.06. The average Bonchev–Trinajstić information content (AvgIpc) is 2.63. The lowest BCUT2D eigenvalue weighted by molar-refractivity contribution is 0.719. The Morgan fingerprint density at radius 3 is 2.58 bits per heavy atom. The summed E-state index contributed by atoms with van der Waals surface area (Å²) in [5.74, 6) is 1.79. The summed E-state index contributed by atoms with van der Waals surface area (Å²) in [6, 6.07) is 19.0. The quantitative estimate of drug-likeness (QED) is 0.790. The van der Waals surface area contributed by atoms with Crippen molar-refractivity contribution in [3.05, 3.63) is 77.6 Å². The number of aryl methyl sites for hydroxylation is 1. The van der Waals surface area contributed by atoms with Gasteiger partial charge in [0.05, 0.1) is 0 Å². The van der Waals surface area contributed by atoms with E-state index >= 15 is 0 Å². The Hall–Kier alpha value is -2.88. The second-order valence-electron chi connectivity index (χ2n) is 6.19. The second kappa shape index (κ2) is 6.32. The molecule has 1 aliphatic heterocycles. The van der Waals surface area contributed by atoms with Crippen LogP contribution < -0.4 is 10.2 Å². The van der Waals surface area contributed by atoms with E-state index in [1.54, 1.807) is 6.33 Å². The normalized spacial score (nSPS) is 13.5. The van der Waals surface area contributed by atoms with Crippen molar-refractivity contribution in [3.63, 3.8) is 0 Å². The Bertz CT molecular complexity index is 842. The number of aromatic nitrogens is 2. The zero-order valence-corrected chi connectivity index (χ0v) is 13.7. The monoisotopic (exact) mass is 316 g/mol. The van der Waals surface area contributed by atoms with Gasteiger partial charge in [0, 0.05) is 24.8 Å². The molecule has 0 saturated carbocycles. The molecule has 4 nitrogen and oxygen atoms in total. The van der Waals surface area contributed by atoms with Crippen LogP contribution in [0.5, 0.6) is 0 Å². The van der Waals surface area contributed by atoms with Crippen molar-refractivity contribution in [2.45, 2.75) is 19.9 Å². The maximum Gasteiger partial charge on any atom is 0.135 e. The molecule has 120 valence electrons. The number of rotatable bonds is 3. The first kappa shape index (κ1) is 14.7. The molecule has 2 aromatic carbocycles. The number of fused-ring (bicyclic) bond motifs is 1. The summed E-state index contributed by atoms with van der Waals surface area (Å²) >= 11 is 0. The van der Waals surface area contributed by atoms with Crippen LogP contribution in [-0.4, -0.2) is 16.5 Å². The van der Waals surface area contributed by atoms with Crippen molar-refractivity contribution in [2.75, 3.05) is 16.8 Å². The summed E-state index contributed by atoms with van der Waals surface area (Å²) in [7, 11) is 0. The largest absolute Gasteiger partial charge is 0.352 e. The highest BCUT2D eigenvalue weighted by atomic mass is 15.2. The molecular formula is C20H20N4. The number of hydrogen-bond donors (Lipinski definition) is 1. The van der Waals surface area contributed by atoms with Crippen molar-refractivity contribution in [2.24, 2.45) is 0 Å². The van der Waals surface area contributed by atoms with E-state index in [0.717, 1.165) is 36.8 Å². The summed E-state index contributed by atoms with van der Waals surface area (Å²) < 4.78 is 0. The van der Waals surface area contributed by atoms with Crippen LogP contribution in [0.15, 0.2) is 60.9 Å². The molecule has 4 rings (SSSR count). The number of nitrogens with one attached hydrogen (secondary N) is 1. The molecule has 4 heteroatoms. The van der Waals surface area contributed by atoms with Gasteiger partial charge in [-0.3, -0.25) is 0 Å². The third-order valence-corrected chi connectivity index (χ3v) is 4.43. The summed E-state index contributed by atoms with van der Waals surface area (Å²) in [4.78, 5) is 11.1. The molecule has 0 atom stereocenters. The molecule has 0 amide bonds. The van der Waals surface area contributed by atoms with Crippen molar-refractivity contribution in [1.82, 2.24) is 9.97 Å². The van der Waals surface area contributed by atoms with Gasteiger partial charge >= 0.3 is 0 Å². The van der Waals surface area contributed by atoms with E-state index < -0.39 is 0 Å². The number of anilines is 3. The maximum atomic E-state index is 4.47. The van der Waals surface area contributed by atoms with E-state index in [1.165, 1.54) is 16.7 Å². The summed E-state index contributed by atoms with van der Waals surface area (Å²) in [5.41, 5.74) is 5.11. The second-order valence-corrected chi connectivity index (χ2v) is 6.19. The van der Waals surface area contributed by atoms with Gasteiger partial charge in [0.1, 0.15) is 18.0 Å². The van der Waals surface area contributed by atoms with Gasteiger partial charge in [0.2, 0.25) is 0 Å². The lowest BCUT2D eigenvalue weighted by Crippen LogP contribution is -2.31. The van der Waals surface area contributed by atoms with Crippen LogP contribution in [0.1, 0.15) is 16.7 Å². The first-order valence-corrected chi connectivity index (χ1v) is 8.25. The smallest absolute Gasteiger partial charge is 0.135 e. The molecule has 2 heterocycles. The molecule has 1 aliphatic rings. The molecule has 1 aromatic heterocycles. The molecule has 24 heavy (non-hydrogen) atoms. The van der Waals surface area contributed by atoms with Crippen molar-refractivity contribution < 1.29 is 0 Å². The molecule has 0 saturated heterocycles. The lowest BCUT2D eigenvalue weighted by Gasteiger charge is -2.29. The lowest BCUT2D eigenvalue weighted by atomic mass is 10.00. The highest BCUT2D eigenvalue weighted by Gasteiger charge is 2.17. The Labute approximate surface area is 142 Å². The van der Waals surface area contributed by atoms with E-state index in [1.807, 2.05) is 6.07 Å². The highest BCUT2D eigenvalue weighted by molar-refractivity contribution is 5.60. The number of hydrogen-bond acceptors (Lipinski definition) is 4. The van der Waals surface area contributed by atoms with Gasteiger partial charge in [-0.25, -0.2) is 9.97 Å². The standard InChI is InChI=1S/C20H20N4/c1-15-6-8-18(9-7-15)23-19-12-20(22-14-21-19)24-11-10-16-4-2-3-5-17(16)13-24/h2-9,12,14H,10-11,13H2,1H3,(H,21,22,23). The molecule has 0 spiro atoms. The fourth-order valence-corrected chi connectivity index (χ4v) is 3.06. The summed E-state index contributed by atoms with van der Waals surface area (Å²) in [5, 5.41) is 3.35. The van der Waals surface area contributed by atoms with E-state index in [4.69, 9.17) is 0 Å². The first-order valence-electron chi connectivity index (χ1n) is 8.25. The Balaban J connectivity index is 1.54. The van der Waals surface area contributed by atoms with Crippen LogP contribution in [0, 0.1) is 6.92 Å². The van der Waals surface area contributed by atoms with Gasteiger partial charge in [-0.1, -0.05) is 42.0 Å². The molecule has 3 aromatic rings. The Kier molecular flexibility index (Phi) is 3.87. The minimum Gasteiger partial charge on any atom is -0.352 e. The highest BCUT2D eigenvalue weighted by Crippen LogP contribution is 2.24. The fraction of sp³-hybridized carbons (Fsp3) is 0.200. The van der Waals surface area contributed by atoms with Crippen molar-refractivity contribution in [3.8, 4) is 0 Å². The van der Waals surface area contributed by atoms with E-state index in [0.29, 0.717) is 0 Å². The number of nitrogens with zero attached hydrogens (tertiary/aromatic N) is 3. The zero-order valence-electron chi connectivity index (χ0n) is 13.7. The molecule has 0 unspecified atom stereocenters. The molecule has 0 radical (unpaired) electrons. The van der Waals surface area contributed by atoms with Crippen molar-refractivity contribution >= 4 is 17.3 Å². The zero-order chi connectivity index (χ0) is 16.4. The van der Waals surface area contributed by atoms with Gasteiger partial charge in [-0.2, -0.15) is 0 Å². The predicted octanol–water partition coefficient (Wildman–Crippen LogP) is 4.09. The summed E-state index contributed by atoms with van der Waals surface area (Å²) in [6.07, 6.45) is 2.69. The van der Waals surface area contributed by atoms with Crippen LogP contribution in [-0.2, 0) is 13.0 Å². The van der Waals surface area contributed by atoms with E-state index in [9.17, 15) is 0 Å². The van der Waals surface area contributed by atoms with Crippen LogP contribution in [0.2, 0.25) is 0 Å². The molecule has 0 fully saturated rings. The molecular weight excluding hydrogens is 296 g/mol. The van der Waals surface area contributed by atoms with Crippen molar-refractivity contribution in [1.29, 1.82) is 0 Å².